The molecule has 1 unspecified atom stereocenters. The fourth-order valence-corrected chi connectivity index (χ4v) is 3.10. The lowest BCUT2D eigenvalue weighted by Crippen LogP contribution is -2.38. The van der Waals surface area contributed by atoms with E-state index in [0.29, 0.717) is 18.1 Å². The van der Waals surface area contributed by atoms with Crippen LogP contribution in [0.5, 0.6) is 0 Å². The Hall–Kier alpha value is -1.95. The smallest absolute Gasteiger partial charge is 0.192 e. The molecule has 0 fully saturated rings. The molecule has 0 aliphatic carbocycles. The van der Waals surface area contributed by atoms with Crippen molar-refractivity contribution in [2.24, 2.45) is 4.99 Å². The third-order valence-corrected chi connectivity index (χ3v) is 4.90. The van der Waals surface area contributed by atoms with Gasteiger partial charge >= 0.3 is 0 Å². The van der Waals surface area contributed by atoms with Crippen LogP contribution in [0.3, 0.4) is 0 Å². The molecule has 0 amide bonds. The van der Waals surface area contributed by atoms with Gasteiger partial charge < -0.3 is 10.6 Å². The summed E-state index contributed by atoms with van der Waals surface area (Å²) in [6.45, 7) is 11.1. The molecule has 24 heavy (non-hydrogen) atoms. The molecule has 2 rings (SSSR count). The van der Waals surface area contributed by atoms with Gasteiger partial charge in [0.05, 0.1) is 18.3 Å². The molecule has 0 radical (unpaired) electrons. The van der Waals surface area contributed by atoms with Gasteiger partial charge in [-0.15, -0.1) is 11.3 Å². The summed E-state index contributed by atoms with van der Waals surface area (Å²) in [6, 6.07) is 5.27. The van der Waals surface area contributed by atoms with E-state index in [-0.39, 0.29) is 11.9 Å². The zero-order valence-corrected chi connectivity index (χ0v) is 15.7. The molecule has 0 aliphatic heterocycles. The summed E-state index contributed by atoms with van der Waals surface area (Å²) < 4.78 is 13.8. The van der Waals surface area contributed by atoms with Gasteiger partial charge in [0.2, 0.25) is 0 Å². The summed E-state index contributed by atoms with van der Waals surface area (Å²) in [5.41, 5.74) is 2.61. The summed E-state index contributed by atoms with van der Waals surface area (Å²) in [7, 11) is 0. The lowest BCUT2D eigenvalue weighted by atomic mass is 10.1. The van der Waals surface area contributed by atoms with Crippen molar-refractivity contribution < 1.29 is 4.39 Å². The maximum Gasteiger partial charge on any atom is 0.192 e. The van der Waals surface area contributed by atoms with Crippen molar-refractivity contribution in [1.82, 2.24) is 15.6 Å². The Morgan fingerprint density at radius 3 is 2.67 bits per heavy atom. The number of aryl methyl sites for hydroxylation is 3. The van der Waals surface area contributed by atoms with Crippen LogP contribution in [0, 0.1) is 26.6 Å². The number of nitrogens with zero attached hydrogens (tertiary/aromatic N) is 2. The molecule has 0 saturated carbocycles. The second kappa shape index (κ2) is 8.24. The van der Waals surface area contributed by atoms with Crippen molar-refractivity contribution in [2.45, 2.75) is 47.2 Å². The highest BCUT2D eigenvalue weighted by Crippen LogP contribution is 2.18. The van der Waals surface area contributed by atoms with Crippen LogP contribution < -0.4 is 10.6 Å². The molecule has 0 spiro atoms. The first kappa shape index (κ1) is 18.4. The number of guanidine groups is 1. The Kier molecular flexibility index (Phi) is 6.31. The maximum atomic E-state index is 13.8. The van der Waals surface area contributed by atoms with Gasteiger partial charge in [0.25, 0.3) is 0 Å². The highest BCUT2D eigenvalue weighted by Gasteiger charge is 2.10. The maximum absolute atomic E-state index is 13.8. The molecule has 0 saturated heterocycles. The second-order valence-electron chi connectivity index (χ2n) is 5.82. The fraction of sp³-hybridized carbons (Fsp3) is 0.444. The predicted molar refractivity (Wildman–Crippen MR) is 99.1 cm³/mol. The van der Waals surface area contributed by atoms with Crippen LogP contribution in [-0.4, -0.2) is 17.5 Å². The Morgan fingerprint density at radius 2 is 2.08 bits per heavy atom. The van der Waals surface area contributed by atoms with Crippen molar-refractivity contribution >= 4 is 17.3 Å². The van der Waals surface area contributed by atoms with Crippen molar-refractivity contribution in [2.75, 3.05) is 6.54 Å². The number of hydrogen-bond acceptors (Lipinski definition) is 3. The lowest BCUT2D eigenvalue weighted by molar-refractivity contribution is 0.607. The van der Waals surface area contributed by atoms with Crippen molar-refractivity contribution in [1.29, 1.82) is 0 Å². The highest BCUT2D eigenvalue weighted by atomic mass is 32.1. The molecule has 1 heterocycles. The van der Waals surface area contributed by atoms with Gasteiger partial charge in [-0.3, -0.25) is 0 Å². The molecule has 0 bridgehead atoms. The number of hydrogen-bond donors (Lipinski definition) is 2. The number of benzene rings is 1. The van der Waals surface area contributed by atoms with Gasteiger partial charge in [-0.25, -0.2) is 14.4 Å². The average molecular weight is 348 g/mol. The Bertz CT molecular complexity index is 704. The van der Waals surface area contributed by atoms with Gasteiger partial charge in [0.15, 0.2) is 5.96 Å². The Labute approximate surface area is 147 Å². The van der Waals surface area contributed by atoms with Crippen LogP contribution in [0.25, 0.3) is 0 Å². The molecule has 4 nitrogen and oxygen atoms in total. The van der Waals surface area contributed by atoms with Crippen LogP contribution in [0.4, 0.5) is 4.39 Å². The number of nitrogens with one attached hydrogen (secondary N) is 2. The zero-order chi connectivity index (χ0) is 17.7. The minimum atomic E-state index is -0.183. The van der Waals surface area contributed by atoms with Crippen molar-refractivity contribution in [3.8, 4) is 0 Å². The summed E-state index contributed by atoms with van der Waals surface area (Å²) in [4.78, 5) is 10.3. The molecule has 0 aliphatic rings. The first-order chi connectivity index (χ1) is 11.4. The summed E-state index contributed by atoms with van der Waals surface area (Å²) in [5, 5.41) is 7.54. The van der Waals surface area contributed by atoms with Gasteiger partial charge in [0.1, 0.15) is 10.8 Å². The van der Waals surface area contributed by atoms with Crippen molar-refractivity contribution in [3.63, 3.8) is 0 Å². The zero-order valence-electron chi connectivity index (χ0n) is 14.9. The van der Waals surface area contributed by atoms with E-state index in [9.17, 15) is 4.39 Å². The molecular weight excluding hydrogens is 323 g/mol. The third-order valence-electron chi connectivity index (χ3n) is 3.84. The summed E-state index contributed by atoms with van der Waals surface area (Å²) in [6.07, 6.45) is 0. The van der Waals surface area contributed by atoms with Crippen LogP contribution >= 0.6 is 11.3 Å². The SMILES string of the molecule is CCNC(=NCc1nc(C)c(C)s1)NC(C)c1ccc(C)c(F)c1. The molecule has 1 aromatic heterocycles. The molecule has 130 valence electrons. The molecule has 2 N–H and O–H groups in total. The van der Waals surface area contributed by atoms with E-state index in [1.54, 1.807) is 30.4 Å². The predicted octanol–water partition coefficient (Wildman–Crippen LogP) is 4.02. The molecule has 1 aromatic carbocycles. The topological polar surface area (TPSA) is 49.3 Å². The minimum absolute atomic E-state index is 0.0438. The Balaban J connectivity index is 2.08. The quantitative estimate of drug-likeness (QED) is 0.634. The van der Waals surface area contributed by atoms with Crippen LogP contribution in [0.2, 0.25) is 0 Å². The monoisotopic (exact) mass is 348 g/mol. The van der Waals surface area contributed by atoms with E-state index in [4.69, 9.17) is 0 Å². The van der Waals surface area contributed by atoms with E-state index in [2.05, 4.69) is 27.5 Å². The van der Waals surface area contributed by atoms with Gasteiger partial charge in [-0.1, -0.05) is 12.1 Å². The summed E-state index contributed by atoms with van der Waals surface area (Å²) >= 11 is 1.67. The first-order valence-corrected chi connectivity index (χ1v) is 8.96. The highest BCUT2D eigenvalue weighted by molar-refractivity contribution is 7.11. The van der Waals surface area contributed by atoms with E-state index in [0.717, 1.165) is 22.8 Å². The summed E-state index contributed by atoms with van der Waals surface area (Å²) in [5.74, 6) is 0.522. The lowest BCUT2D eigenvalue weighted by Gasteiger charge is -2.18. The number of thiazole rings is 1. The molecule has 1 atom stereocenters. The molecule has 2 aromatic rings. The largest absolute Gasteiger partial charge is 0.357 e. The number of aromatic nitrogens is 1. The van der Waals surface area contributed by atoms with E-state index >= 15 is 0 Å². The van der Waals surface area contributed by atoms with E-state index in [1.165, 1.54) is 4.88 Å². The van der Waals surface area contributed by atoms with Crippen LogP contribution in [0.15, 0.2) is 23.2 Å². The normalized spacial score (nSPS) is 13.0. The van der Waals surface area contributed by atoms with Crippen LogP contribution in [-0.2, 0) is 6.54 Å². The molecule has 6 heteroatoms. The van der Waals surface area contributed by atoms with E-state index in [1.807, 2.05) is 26.8 Å². The number of halogens is 1. The third kappa shape index (κ3) is 4.77. The average Bonchev–Trinajstić information content (AvgIpc) is 2.86. The van der Waals surface area contributed by atoms with Gasteiger partial charge in [-0.2, -0.15) is 0 Å². The fourth-order valence-electron chi connectivity index (χ4n) is 2.24. The second-order valence-corrected chi connectivity index (χ2v) is 7.11. The standard InChI is InChI=1S/C18H25FN4S/c1-6-20-18(21-10-17-22-12(3)14(5)24-17)23-13(4)15-8-7-11(2)16(19)9-15/h7-9,13H,6,10H2,1-5H3,(H2,20,21,23). The number of rotatable bonds is 5. The van der Waals surface area contributed by atoms with E-state index < -0.39 is 0 Å². The Morgan fingerprint density at radius 1 is 1.33 bits per heavy atom. The number of aliphatic imine (C=N–C) groups is 1. The van der Waals surface area contributed by atoms with Crippen LogP contribution in [0.1, 0.15) is 46.6 Å². The van der Waals surface area contributed by atoms with Gasteiger partial charge in [-0.05, 0) is 51.8 Å². The van der Waals surface area contributed by atoms with Crippen molar-refractivity contribution in [3.05, 3.63) is 50.7 Å². The molecular formula is C18H25FN4S. The minimum Gasteiger partial charge on any atom is -0.357 e. The first-order valence-electron chi connectivity index (χ1n) is 8.14. The van der Waals surface area contributed by atoms with Gasteiger partial charge in [0, 0.05) is 11.4 Å².